The van der Waals surface area contributed by atoms with E-state index in [-0.39, 0.29) is 0 Å². The van der Waals surface area contributed by atoms with E-state index in [2.05, 4.69) is 28.5 Å². The summed E-state index contributed by atoms with van der Waals surface area (Å²) in [6.07, 6.45) is 7.76. The summed E-state index contributed by atoms with van der Waals surface area (Å²) in [4.78, 5) is 0. The number of hydrogen-bond acceptors (Lipinski definition) is 4. The van der Waals surface area contributed by atoms with Crippen LogP contribution in [0, 0.1) is 17.2 Å². The Bertz CT molecular complexity index is 410. The molecule has 2 unspecified atom stereocenters. The topological polar surface area (TPSA) is 61.6 Å². The number of nitrogens with zero attached hydrogens (tertiary/aromatic N) is 3. The Morgan fingerprint density at radius 2 is 2.29 bits per heavy atom. The quantitative estimate of drug-likeness (QED) is 0.867. The molecular weight excluding hydrogens is 212 g/mol. The Labute approximate surface area is 102 Å². The fraction of sp³-hybridized carbons (Fsp3) is 0.615. The van der Waals surface area contributed by atoms with Crippen molar-refractivity contribution in [1.29, 1.82) is 5.26 Å². The van der Waals surface area contributed by atoms with Crippen molar-refractivity contribution in [1.82, 2.24) is 10.2 Å². The molecule has 0 bridgehead atoms. The van der Waals surface area contributed by atoms with Gasteiger partial charge in [0.1, 0.15) is 6.07 Å². The molecule has 0 spiro atoms. The van der Waals surface area contributed by atoms with Crippen molar-refractivity contribution in [2.45, 2.75) is 45.1 Å². The van der Waals surface area contributed by atoms with Crippen molar-refractivity contribution in [2.75, 3.05) is 5.32 Å². The summed E-state index contributed by atoms with van der Waals surface area (Å²) in [5.74, 6) is 1.33. The Morgan fingerprint density at radius 3 is 3.06 bits per heavy atom. The molecule has 2 atom stereocenters. The summed E-state index contributed by atoms with van der Waals surface area (Å²) in [6.45, 7) is 2.23. The van der Waals surface area contributed by atoms with E-state index in [0.717, 1.165) is 0 Å². The minimum absolute atomic E-state index is 0.442. The third kappa shape index (κ3) is 2.73. The van der Waals surface area contributed by atoms with Gasteiger partial charge in [-0.3, -0.25) is 0 Å². The van der Waals surface area contributed by atoms with Crippen LogP contribution in [0.5, 0.6) is 0 Å². The largest absolute Gasteiger partial charge is 0.364 e. The average Bonchev–Trinajstić information content (AvgIpc) is 2.40. The van der Waals surface area contributed by atoms with Gasteiger partial charge < -0.3 is 5.32 Å². The first-order chi connectivity index (χ1) is 8.35. The highest BCUT2D eigenvalue weighted by Crippen LogP contribution is 2.29. The minimum Gasteiger partial charge on any atom is -0.364 e. The summed E-state index contributed by atoms with van der Waals surface area (Å²) >= 11 is 0. The monoisotopic (exact) mass is 230 g/mol. The van der Waals surface area contributed by atoms with Crippen molar-refractivity contribution in [3.8, 4) is 6.07 Å². The van der Waals surface area contributed by atoms with Gasteiger partial charge in [-0.05, 0) is 24.8 Å². The summed E-state index contributed by atoms with van der Waals surface area (Å²) in [7, 11) is 0. The lowest BCUT2D eigenvalue weighted by Crippen LogP contribution is -2.32. The zero-order valence-electron chi connectivity index (χ0n) is 10.2. The summed E-state index contributed by atoms with van der Waals surface area (Å²) in [6, 6.07) is 4.30. The molecule has 2 rings (SSSR count). The van der Waals surface area contributed by atoms with Crippen LogP contribution in [0.15, 0.2) is 12.3 Å². The lowest BCUT2D eigenvalue weighted by atomic mass is 9.83. The first-order valence-electron chi connectivity index (χ1n) is 6.33. The molecule has 1 saturated carbocycles. The number of nitriles is 1. The summed E-state index contributed by atoms with van der Waals surface area (Å²) in [5, 5.41) is 20.3. The Hall–Kier alpha value is -1.63. The molecule has 90 valence electrons. The molecular formula is C13H18N4. The Morgan fingerprint density at radius 1 is 1.47 bits per heavy atom. The molecule has 4 heteroatoms. The molecule has 1 fully saturated rings. The number of hydrogen-bond donors (Lipinski definition) is 1. The maximum atomic E-state index is 9.01. The number of nitrogens with one attached hydrogen (secondary N) is 1. The maximum absolute atomic E-state index is 9.01. The van der Waals surface area contributed by atoms with Crippen molar-refractivity contribution < 1.29 is 0 Å². The van der Waals surface area contributed by atoms with Gasteiger partial charge in [-0.1, -0.05) is 26.2 Å². The van der Waals surface area contributed by atoms with Crippen molar-refractivity contribution in [3.05, 3.63) is 17.8 Å². The smallest absolute Gasteiger partial charge is 0.166 e. The van der Waals surface area contributed by atoms with E-state index >= 15 is 0 Å². The molecule has 1 heterocycles. The van der Waals surface area contributed by atoms with E-state index in [1.165, 1.54) is 32.1 Å². The van der Waals surface area contributed by atoms with Crippen LogP contribution in [0.25, 0.3) is 0 Å². The minimum atomic E-state index is 0.442. The Balaban J connectivity index is 2.11. The second-order valence-corrected chi connectivity index (χ2v) is 4.61. The predicted octanol–water partition coefficient (Wildman–Crippen LogP) is 2.73. The number of aromatic nitrogens is 2. The third-order valence-corrected chi connectivity index (χ3v) is 3.60. The molecule has 0 aromatic carbocycles. The molecule has 1 aromatic heterocycles. The van der Waals surface area contributed by atoms with Crippen molar-refractivity contribution in [3.63, 3.8) is 0 Å². The molecule has 1 aromatic rings. The Kier molecular flexibility index (Phi) is 3.92. The van der Waals surface area contributed by atoms with Gasteiger partial charge in [0.15, 0.2) is 5.82 Å². The SMILES string of the molecule is CCC1CCCCC1Nc1nnccc1C#N. The van der Waals surface area contributed by atoms with Crippen LogP contribution in [-0.4, -0.2) is 16.2 Å². The van der Waals surface area contributed by atoms with Crippen molar-refractivity contribution in [2.24, 2.45) is 5.92 Å². The molecule has 0 radical (unpaired) electrons. The van der Waals surface area contributed by atoms with Crippen molar-refractivity contribution >= 4 is 5.82 Å². The van der Waals surface area contributed by atoms with Gasteiger partial charge in [0.25, 0.3) is 0 Å². The van der Waals surface area contributed by atoms with Gasteiger partial charge in [0.05, 0.1) is 11.8 Å². The van der Waals surface area contributed by atoms with Crippen LogP contribution in [0.4, 0.5) is 5.82 Å². The van der Waals surface area contributed by atoms with Crippen LogP contribution in [0.2, 0.25) is 0 Å². The average molecular weight is 230 g/mol. The van der Waals surface area contributed by atoms with Crippen LogP contribution >= 0.6 is 0 Å². The van der Waals surface area contributed by atoms with Gasteiger partial charge >= 0.3 is 0 Å². The molecule has 1 N–H and O–H groups in total. The third-order valence-electron chi connectivity index (χ3n) is 3.60. The van der Waals surface area contributed by atoms with E-state index in [0.29, 0.717) is 23.3 Å². The van der Waals surface area contributed by atoms with Crippen LogP contribution in [0.3, 0.4) is 0 Å². The normalized spacial score (nSPS) is 24.0. The predicted molar refractivity (Wildman–Crippen MR) is 66.4 cm³/mol. The van der Waals surface area contributed by atoms with Gasteiger partial charge in [0, 0.05) is 6.04 Å². The molecule has 17 heavy (non-hydrogen) atoms. The number of anilines is 1. The second-order valence-electron chi connectivity index (χ2n) is 4.61. The molecule has 0 saturated heterocycles. The fourth-order valence-electron chi connectivity index (χ4n) is 2.59. The van der Waals surface area contributed by atoms with Gasteiger partial charge in [-0.15, -0.1) is 5.10 Å². The van der Waals surface area contributed by atoms with Gasteiger partial charge in [0.2, 0.25) is 0 Å². The van der Waals surface area contributed by atoms with E-state index in [4.69, 9.17) is 5.26 Å². The van der Waals surface area contributed by atoms with Crippen LogP contribution in [0.1, 0.15) is 44.6 Å². The lowest BCUT2D eigenvalue weighted by molar-refractivity contribution is 0.316. The lowest BCUT2D eigenvalue weighted by Gasteiger charge is -2.31. The molecule has 0 amide bonds. The van der Waals surface area contributed by atoms with Gasteiger partial charge in [-0.25, -0.2) is 0 Å². The standard InChI is InChI=1S/C13H18N4/c1-2-10-5-3-4-6-12(10)16-13-11(9-14)7-8-15-17-13/h7-8,10,12H,2-6H2,1H3,(H,16,17). The van der Waals surface area contributed by atoms with E-state index < -0.39 is 0 Å². The zero-order valence-corrected chi connectivity index (χ0v) is 10.2. The highest BCUT2D eigenvalue weighted by Gasteiger charge is 2.24. The first kappa shape index (κ1) is 11.8. The van der Waals surface area contributed by atoms with E-state index in [9.17, 15) is 0 Å². The van der Waals surface area contributed by atoms with Gasteiger partial charge in [-0.2, -0.15) is 10.4 Å². The van der Waals surface area contributed by atoms with Crippen LogP contribution in [-0.2, 0) is 0 Å². The van der Waals surface area contributed by atoms with E-state index in [1.807, 2.05) is 0 Å². The summed E-state index contributed by atoms with van der Waals surface area (Å²) in [5.41, 5.74) is 0.584. The van der Waals surface area contributed by atoms with Crippen LogP contribution < -0.4 is 5.32 Å². The molecule has 1 aliphatic rings. The fourth-order valence-corrected chi connectivity index (χ4v) is 2.59. The zero-order chi connectivity index (χ0) is 12.1. The molecule has 4 nitrogen and oxygen atoms in total. The highest BCUT2D eigenvalue weighted by atomic mass is 15.2. The van der Waals surface area contributed by atoms with E-state index in [1.54, 1.807) is 12.3 Å². The molecule has 1 aliphatic carbocycles. The highest BCUT2D eigenvalue weighted by molar-refractivity contribution is 5.50. The first-order valence-corrected chi connectivity index (χ1v) is 6.33. The molecule has 0 aliphatic heterocycles. The second kappa shape index (κ2) is 5.62. The summed E-state index contributed by atoms with van der Waals surface area (Å²) < 4.78 is 0. The number of rotatable bonds is 3. The maximum Gasteiger partial charge on any atom is 0.166 e.